The van der Waals surface area contributed by atoms with Crippen molar-refractivity contribution in [3.05, 3.63) is 41.3 Å². The van der Waals surface area contributed by atoms with Gasteiger partial charge in [-0.25, -0.2) is 4.39 Å². The van der Waals surface area contributed by atoms with E-state index in [-0.39, 0.29) is 12.4 Å². The van der Waals surface area contributed by atoms with E-state index in [2.05, 4.69) is 5.10 Å². The molecular formula is C12H13FN2OS. The van der Waals surface area contributed by atoms with Gasteiger partial charge in [-0.05, 0) is 24.6 Å². The maximum atomic E-state index is 13.7. The average molecular weight is 252 g/mol. The van der Waals surface area contributed by atoms with Gasteiger partial charge in [0, 0.05) is 7.05 Å². The van der Waals surface area contributed by atoms with Gasteiger partial charge in [0.15, 0.2) is 0 Å². The van der Waals surface area contributed by atoms with Crippen molar-refractivity contribution in [2.24, 2.45) is 7.05 Å². The second-order valence-electron chi connectivity index (χ2n) is 3.74. The fraction of sp³-hybridized carbons (Fsp3) is 0.250. The molecule has 3 nitrogen and oxygen atoms in total. The van der Waals surface area contributed by atoms with Crippen LogP contribution in [0.4, 0.5) is 4.39 Å². The lowest BCUT2D eigenvalue weighted by atomic mass is 10.2. The maximum absolute atomic E-state index is 13.7. The Morgan fingerprint density at radius 3 is 2.82 bits per heavy atom. The Balaban J connectivity index is 2.39. The Hall–Kier alpha value is -1.33. The normalized spacial score (nSPS) is 10.8. The summed E-state index contributed by atoms with van der Waals surface area (Å²) in [6.07, 6.45) is 0. The predicted molar refractivity (Wildman–Crippen MR) is 64.4 cm³/mol. The highest BCUT2D eigenvalue weighted by molar-refractivity contribution is 7.99. The number of aryl methyl sites for hydroxylation is 2. The van der Waals surface area contributed by atoms with E-state index in [0.29, 0.717) is 10.5 Å². The van der Waals surface area contributed by atoms with Gasteiger partial charge in [-0.15, -0.1) is 0 Å². The van der Waals surface area contributed by atoms with E-state index < -0.39 is 0 Å². The Morgan fingerprint density at radius 2 is 2.24 bits per heavy atom. The number of benzene rings is 1. The van der Waals surface area contributed by atoms with E-state index >= 15 is 0 Å². The van der Waals surface area contributed by atoms with Crippen LogP contribution in [0.3, 0.4) is 0 Å². The highest BCUT2D eigenvalue weighted by Crippen LogP contribution is 2.32. The lowest BCUT2D eigenvalue weighted by molar-refractivity contribution is 0.277. The third-order valence-corrected chi connectivity index (χ3v) is 3.64. The van der Waals surface area contributed by atoms with E-state index in [1.54, 1.807) is 16.8 Å². The molecule has 1 heterocycles. The van der Waals surface area contributed by atoms with E-state index in [9.17, 15) is 9.50 Å². The minimum atomic E-state index is -0.319. The van der Waals surface area contributed by atoms with E-state index in [0.717, 1.165) is 10.7 Å². The van der Waals surface area contributed by atoms with Gasteiger partial charge in [-0.3, -0.25) is 4.68 Å². The summed E-state index contributed by atoms with van der Waals surface area (Å²) in [5.41, 5.74) is 1.48. The van der Waals surface area contributed by atoms with Crippen molar-refractivity contribution < 1.29 is 9.50 Å². The Labute approximate surface area is 103 Å². The Bertz CT molecular complexity index is 539. The molecule has 1 N–H and O–H groups in total. The number of aromatic nitrogens is 2. The van der Waals surface area contributed by atoms with E-state index in [1.807, 2.05) is 20.0 Å². The third-order valence-electron chi connectivity index (χ3n) is 2.38. The summed E-state index contributed by atoms with van der Waals surface area (Å²) >= 11 is 1.28. The van der Waals surface area contributed by atoms with Gasteiger partial charge < -0.3 is 5.11 Å². The van der Waals surface area contributed by atoms with Crippen LogP contribution in [0, 0.1) is 12.7 Å². The molecule has 90 valence electrons. The quantitative estimate of drug-likeness (QED) is 0.912. The van der Waals surface area contributed by atoms with Crippen molar-refractivity contribution in [1.82, 2.24) is 9.78 Å². The first-order valence-corrected chi connectivity index (χ1v) is 6.00. The number of rotatable bonds is 3. The topological polar surface area (TPSA) is 38.0 Å². The lowest BCUT2D eigenvalue weighted by Crippen LogP contribution is -1.95. The average Bonchev–Trinajstić information content (AvgIpc) is 2.60. The van der Waals surface area contributed by atoms with Crippen LogP contribution < -0.4 is 0 Å². The molecule has 2 rings (SSSR count). The molecule has 0 atom stereocenters. The van der Waals surface area contributed by atoms with Crippen molar-refractivity contribution >= 4 is 11.8 Å². The number of hydrogen-bond donors (Lipinski definition) is 1. The molecule has 1 aromatic heterocycles. The second-order valence-corrected chi connectivity index (χ2v) is 4.77. The van der Waals surface area contributed by atoms with E-state index in [1.165, 1.54) is 17.8 Å². The van der Waals surface area contributed by atoms with Crippen LogP contribution in [-0.4, -0.2) is 14.9 Å². The first-order valence-electron chi connectivity index (χ1n) is 5.18. The van der Waals surface area contributed by atoms with Gasteiger partial charge in [-0.2, -0.15) is 5.10 Å². The summed E-state index contributed by atoms with van der Waals surface area (Å²) < 4.78 is 15.4. The maximum Gasteiger partial charge on any atom is 0.137 e. The van der Waals surface area contributed by atoms with Crippen LogP contribution in [0.25, 0.3) is 0 Å². The van der Waals surface area contributed by atoms with Crippen LogP contribution in [0.2, 0.25) is 0 Å². The fourth-order valence-electron chi connectivity index (χ4n) is 1.58. The monoisotopic (exact) mass is 252 g/mol. The largest absolute Gasteiger partial charge is 0.392 e. The number of aliphatic hydroxyl groups is 1. The molecule has 0 amide bonds. The molecule has 0 aliphatic rings. The van der Waals surface area contributed by atoms with E-state index in [4.69, 9.17) is 0 Å². The highest BCUT2D eigenvalue weighted by atomic mass is 32.2. The summed E-state index contributed by atoms with van der Waals surface area (Å²) in [4.78, 5) is 0.456. The molecule has 0 spiro atoms. The molecule has 17 heavy (non-hydrogen) atoms. The zero-order valence-corrected chi connectivity index (χ0v) is 10.5. The minimum absolute atomic E-state index is 0.170. The first kappa shape index (κ1) is 12.1. The first-order chi connectivity index (χ1) is 8.11. The van der Waals surface area contributed by atoms with Crippen molar-refractivity contribution in [3.8, 4) is 0 Å². The number of halogens is 1. The Morgan fingerprint density at radius 1 is 1.47 bits per heavy atom. The summed E-state index contributed by atoms with van der Waals surface area (Å²) in [5, 5.41) is 14.2. The zero-order valence-electron chi connectivity index (χ0n) is 9.64. The smallest absolute Gasteiger partial charge is 0.137 e. The van der Waals surface area contributed by atoms with Gasteiger partial charge in [0.2, 0.25) is 0 Å². The molecular weight excluding hydrogens is 239 g/mol. The molecule has 2 aromatic rings. The van der Waals surface area contributed by atoms with Crippen molar-refractivity contribution in [1.29, 1.82) is 0 Å². The predicted octanol–water partition coefficient (Wildman–Crippen LogP) is 2.51. The number of nitrogens with zero attached hydrogens (tertiary/aromatic N) is 2. The molecule has 0 bridgehead atoms. The molecule has 0 unspecified atom stereocenters. The zero-order chi connectivity index (χ0) is 12.4. The van der Waals surface area contributed by atoms with Gasteiger partial charge >= 0.3 is 0 Å². The SMILES string of the molecule is Cc1cc(Sc2c(F)cccc2CO)n(C)n1. The van der Waals surface area contributed by atoms with Gasteiger partial charge in [0.05, 0.1) is 22.2 Å². The summed E-state index contributed by atoms with van der Waals surface area (Å²) in [6, 6.07) is 6.59. The summed E-state index contributed by atoms with van der Waals surface area (Å²) in [6.45, 7) is 1.72. The van der Waals surface area contributed by atoms with Crippen LogP contribution in [0.5, 0.6) is 0 Å². The summed E-state index contributed by atoms with van der Waals surface area (Å²) in [7, 11) is 1.81. The third kappa shape index (κ3) is 2.50. The number of hydrogen-bond acceptors (Lipinski definition) is 3. The van der Waals surface area contributed by atoms with Crippen LogP contribution in [-0.2, 0) is 13.7 Å². The molecule has 1 aromatic carbocycles. The molecule has 0 aliphatic heterocycles. The van der Waals surface area contributed by atoms with Gasteiger partial charge in [-0.1, -0.05) is 23.9 Å². The van der Waals surface area contributed by atoms with Gasteiger partial charge in [0.1, 0.15) is 5.82 Å². The molecule has 0 aliphatic carbocycles. The van der Waals surface area contributed by atoms with Crippen molar-refractivity contribution in [2.75, 3.05) is 0 Å². The second kappa shape index (κ2) is 4.89. The minimum Gasteiger partial charge on any atom is -0.392 e. The lowest BCUT2D eigenvalue weighted by Gasteiger charge is -2.07. The molecule has 0 fully saturated rings. The Kier molecular flexibility index (Phi) is 3.49. The van der Waals surface area contributed by atoms with Gasteiger partial charge in [0.25, 0.3) is 0 Å². The number of aliphatic hydroxyl groups excluding tert-OH is 1. The van der Waals surface area contributed by atoms with Crippen LogP contribution in [0.1, 0.15) is 11.3 Å². The highest BCUT2D eigenvalue weighted by Gasteiger charge is 2.12. The summed E-state index contributed by atoms with van der Waals surface area (Å²) in [5.74, 6) is -0.319. The van der Waals surface area contributed by atoms with Crippen molar-refractivity contribution in [2.45, 2.75) is 23.5 Å². The van der Waals surface area contributed by atoms with Crippen LogP contribution >= 0.6 is 11.8 Å². The van der Waals surface area contributed by atoms with Crippen LogP contribution in [0.15, 0.2) is 34.2 Å². The van der Waals surface area contributed by atoms with Crippen molar-refractivity contribution in [3.63, 3.8) is 0 Å². The standard InChI is InChI=1S/C12H13FN2OS/c1-8-6-11(15(2)14-8)17-12-9(7-16)4-3-5-10(12)13/h3-6,16H,7H2,1-2H3. The molecule has 0 radical (unpaired) electrons. The molecule has 0 saturated heterocycles. The molecule has 5 heteroatoms. The molecule has 0 saturated carbocycles. The fourth-order valence-corrected chi connectivity index (χ4v) is 2.62.